The van der Waals surface area contributed by atoms with Gasteiger partial charge >= 0.3 is 0 Å². The normalized spacial score (nSPS) is 21.5. The monoisotopic (exact) mass is 304 g/mol. The molecule has 122 valence electrons. The highest BCUT2D eigenvalue weighted by molar-refractivity contribution is 5.41. The number of ether oxygens (including phenoxy) is 1. The molecule has 0 aromatic carbocycles. The molecule has 0 saturated carbocycles. The summed E-state index contributed by atoms with van der Waals surface area (Å²) < 4.78 is 5.42. The molecular weight excluding hydrogens is 276 g/mol. The number of aromatic nitrogens is 1. The predicted octanol–water partition coefficient (Wildman–Crippen LogP) is 1.44. The minimum absolute atomic E-state index is 0.663. The Bertz CT molecular complexity index is 465. The van der Waals surface area contributed by atoms with Crippen LogP contribution in [0.5, 0.6) is 0 Å². The van der Waals surface area contributed by atoms with Crippen molar-refractivity contribution in [2.75, 3.05) is 57.4 Å². The van der Waals surface area contributed by atoms with Crippen LogP contribution in [0.3, 0.4) is 0 Å². The van der Waals surface area contributed by atoms with Crippen LogP contribution in [0.15, 0.2) is 18.3 Å². The van der Waals surface area contributed by atoms with E-state index in [1.807, 2.05) is 6.20 Å². The van der Waals surface area contributed by atoms with Gasteiger partial charge in [-0.05, 0) is 31.5 Å². The third kappa shape index (κ3) is 3.97. The number of piperazine rings is 1. The predicted molar refractivity (Wildman–Crippen MR) is 89.3 cm³/mol. The first-order valence-electron chi connectivity index (χ1n) is 8.46. The summed E-state index contributed by atoms with van der Waals surface area (Å²) in [5.74, 6) is 1.10. The van der Waals surface area contributed by atoms with Gasteiger partial charge in [-0.15, -0.1) is 0 Å². The lowest BCUT2D eigenvalue weighted by molar-refractivity contribution is 0.104. The molecule has 5 nitrogen and oxygen atoms in total. The zero-order chi connectivity index (χ0) is 15.4. The molecule has 2 aliphatic heterocycles. The van der Waals surface area contributed by atoms with Gasteiger partial charge in [0.1, 0.15) is 5.82 Å². The fourth-order valence-corrected chi connectivity index (χ4v) is 3.22. The Balaban J connectivity index is 1.56. The summed E-state index contributed by atoms with van der Waals surface area (Å²) >= 11 is 0. The summed E-state index contributed by atoms with van der Waals surface area (Å²) in [7, 11) is 0. The molecule has 0 spiro atoms. The van der Waals surface area contributed by atoms with E-state index in [0.29, 0.717) is 6.04 Å². The molecule has 0 amide bonds. The number of anilines is 1. The Labute approximate surface area is 133 Å². The maximum atomic E-state index is 5.42. The average Bonchev–Trinajstić information content (AvgIpc) is 2.56. The van der Waals surface area contributed by atoms with E-state index in [4.69, 9.17) is 4.74 Å². The fourth-order valence-electron chi connectivity index (χ4n) is 3.22. The molecule has 1 aromatic rings. The van der Waals surface area contributed by atoms with Crippen molar-refractivity contribution in [3.63, 3.8) is 0 Å². The van der Waals surface area contributed by atoms with Gasteiger partial charge in [0.2, 0.25) is 0 Å². The van der Waals surface area contributed by atoms with Crippen molar-refractivity contribution < 1.29 is 4.74 Å². The molecule has 22 heavy (non-hydrogen) atoms. The number of hydrogen-bond donors (Lipinski definition) is 0. The van der Waals surface area contributed by atoms with Crippen LogP contribution in [0, 0.1) is 0 Å². The summed E-state index contributed by atoms with van der Waals surface area (Å²) in [6, 6.07) is 5.06. The zero-order valence-corrected chi connectivity index (χ0v) is 13.9. The van der Waals surface area contributed by atoms with E-state index < -0.39 is 0 Å². The SMILES string of the molecule is CC(C)N1CCN(Cc2ccnc(N3CCOCC3)c2)CC1. The van der Waals surface area contributed by atoms with Crippen LogP contribution in [-0.2, 0) is 11.3 Å². The van der Waals surface area contributed by atoms with Crippen LogP contribution in [0.2, 0.25) is 0 Å². The van der Waals surface area contributed by atoms with Crippen molar-refractivity contribution in [3.05, 3.63) is 23.9 Å². The van der Waals surface area contributed by atoms with Crippen molar-refractivity contribution >= 4 is 5.82 Å². The summed E-state index contributed by atoms with van der Waals surface area (Å²) in [5, 5.41) is 0. The van der Waals surface area contributed by atoms with Crippen LogP contribution in [-0.4, -0.2) is 73.3 Å². The molecule has 2 saturated heterocycles. The molecule has 3 heterocycles. The van der Waals surface area contributed by atoms with Gasteiger partial charge in [0.25, 0.3) is 0 Å². The van der Waals surface area contributed by atoms with Crippen LogP contribution in [0.4, 0.5) is 5.82 Å². The van der Waals surface area contributed by atoms with Crippen molar-refractivity contribution in [2.45, 2.75) is 26.4 Å². The highest BCUT2D eigenvalue weighted by Gasteiger charge is 2.19. The summed E-state index contributed by atoms with van der Waals surface area (Å²) in [6.07, 6.45) is 1.95. The standard InChI is InChI=1S/C17H28N4O/c1-15(2)20-7-5-19(6-8-20)14-16-3-4-18-17(13-16)21-9-11-22-12-10-21/h3-4,13,15H,5-12,14H2,1-2H3. The molecule has 0 radical (unpaired) electrons. The minimum Gasteiger partial charge on any atom is -0.378 e. The van der Waals surface area contributed by atoms with E-state index in [2.05, 4.69) is 45.7 Å². The third-order valence-corrected chi connectivity index (χ3v) is 4.69. The number of rotatable bonds is 4. The van der Waals surface area contributed by atoms with E-state index in [0.717, 1.165) is 51.8 Å². The van der Waals surface area contributed by atoms with Gasteiger partial charge in [-0.2, -0.15) is 0 Å². The Morgan fingerprint density at radius 3 is 2.50 bits per heavy atom. The van der Waals surface area contributed by atoms with E-state index in [-0.39, 0.29) is 0 Å². The first-order valence-corrected chi connectivity index (χ1v) is 8.46. The molecule has 0 bridgehead atoms. The summed E-state index contributed by atoms with van der Waals surface area (Å²) in [6.45, 7) is 13.8. The summed E-state index contributed by atoms with van der Waals surface area (Å²) in [4.78, 5) is 12.0. The van der Waals surface area contributed by atoms with Crippen LogP contribution in [0.1, 0.15) is 19.4 Å². The average molecular weight is 304 g/mol. The second-order valence-electron chi connectivity index (χ2n) is 6.53. The maximum absolute atomic E-state index is 5.42. The fraction of sp³-hybridized carbons (Fsp3) is 0.706. The second-order valence-corrected chi connectivity index (χ2v) is 6.53. The number of hydrogen-bond acceptors (Lipinski definition) is 5. The number of pyridine rings is 1. The van der Waals surface area contributed by atoms with Crippen LogP contribution in [0.25, 0.3) is 0 Å². The van der Waals surface area contributed by atoms with Crippen LogP contribution >= 0.6 is 0 Å². The molecule has 2 aliphatic rings. The van der Waals surface area contributed by atoms with E-state index in [9.17, 15) is 0 Å². The lowest BCUT2D eigenvalue weighted by Gasteiger charge is -2.37. The largest absolute Gasteiger partial charge is 0.378 e. The van der Waals surface area contributed by atoms with Gasteiger partial charge < -0.3 is 9.64 Å². The summed E-state index contributed by atoms with van der Waals surface area (Å²) in [5.41, 5.74) is 1.37. The Kier molecular flexibility index (Phi) is 5.28. The molecule has 5 heteroatoms. The lowest BCUT2D eigenvalue weighted by Crippen LogP contribution is -2.48. The zero-order valence-electron chi connectivity index (χ0n) is 13.9. The highest BCUT2D eigenvalue weighted by Crippen LogP contribution is 2.16. The van der Waals surface area contributed by atoms with E-state index in [1.165, 1.54) is 18.7 Å². The minimum atomic E-state index is 0.663. The Morgan fingerprint density at radius 2 is 1.82 bits per heavy atom. The van der Waals surface area contributed by atoms with Crippen molar-refractivity contribution in [3.8, 4) is 0 Å². The smallest absolute Gasteiger partial charge is 0.128 e. The van der Waals surface area contributed by atoms with Crippen molar-refractivity contribution in [1.29, 1.82) is 0 Å². The van der Waals surface area contributed by atoms with Gasteiger partial charge in [0, 0.05) is 58.1 Å². The number of morpholine rings is 1. The Morgan fingerprint density at radius 1 is 1.09 bits per heavy atom. The van der Waals surface area contributed by atoms with Gasteiger partial charge in [-0.25, -0.2) is 4.98 Å². The van der Waals surface area contributed by atoms with E-state index in [1.54, 1.807) is 0 Å². The van der Waals surface area contributed by atoms with Gasteiger partial charge in [-0.3, -0.25) is 9.80 Å². The van der Waals surface area contributed by atoms with Gasteiger partial charge in [0.05, 0.1) is 13.2 Å². The first kappa shape index (κ1) is 15.7. The first-order chi connectivity index (χ1) is 10.7. The lowest BCUT2D eigenvalue weighted by atomic mass is 10.2. The topological polar surface area (TPSA) is 31.8 Å². The highest BCUT2D eigenvalue weighted by atomic mass is 16.5. The quantitative estimate of drug-likeness (QED) is 0.840. The molecule has 0 aliphatic carbocycles. The van der Waals surface area contributed by atoms with Gasteiger partial charge in [0.15, 0.2) is 0 Å². The second kappa shape index (κ2) is 7.40. The van der Waals surface area contributed by atoms with Crippen molar-refractivity contribution in [2.24, 2.45) is 0 Å². The Hall–Kier alpha value is -1.17. The maximum Gasteiger partial charge on any atom is 0.128 e. The molecule has 2 fully saturated rings. The molecule has 0 unspecified atom stereocenters. The van der Waals surface area contributed by atoms with Crippen LogP contribution < -0.4 is 4.90 Å². The van der Waals surface area contributed by atoms with E-state index >= 15 is 0 Å². The third-order valence-electron chi connectivity index (χ3n) is 4.69. The molecule has 1 aromatic heterocycles. The van der Waals surface area contributed by atoms with Gasteiger partial charge in [-0.1, -0.05) is 0 Å². The van der Waals surface area contributed by atoms with Crippen molar-refractivity contribution in [1.82, 2.24) is 14.8 Å². The molecular formula is C17H28N4O. The molecule has 0 N–H and O–H groups in total. The molecule has 0 atom stereocenters. The molecule has 3 rings (SSSR count). The number of nitrogens with zero attached hydrogens (tertiary/aromatic N) is 4.